The molecule has 0 atom stereocenters. The van der Waals surface area contributed by atoms with Gasteiger partial charge in [0.05, 0.1) is 38.5 Å². The van der Waals surface area contributed by atoms with Crippen molar-refractivity contribution in [3.8, 4) is 0 Å². The molecular weight excluding hydrogens is 1360 g/mol. The van der Waals surface area contributed by atoms with Crippen LogP contribution in [0, 0.1) is 0 Å². The fourth-order valence-corrected chi connectivity index (χ4v) is 10.8. The predicted octanol–water partition coefficient (Wildman–Crippen LogP) is 13.0. The van der Waals surface area contributed by atoms with Gasteiger partial charge in [-0.1, -0.05) is 221 Å². The Labute approximate surface area is 607 Å². The molecule has 6 N–H and O–H groups in total. The fraction of sp³-hybridized carbons (Fsp3) is 0.447. The van der Waals surface area contributed by atoms with Crippen molar-refractivity contribution < 1.29 is 109 Å². The molecule has 97 heavy (non-hydrogen) atoms. The van der Waals surface area contributed by atoms with Crippen LogP contribution in [0.25, 0.3) is 0 Å². The second-order valence-corrected chi connectivity index (χ2v) is 24.2. The molecule has 8 rings (SSSR count). The third-order valence-corrected chi connectivity index (χ3v) is 16.0. The van der Waals surface area contributed by atoms with E-state index in [0.717, 1.165) is 39.3 Å². The zero-order valence-corrected chi connectivity index (χ0v) is 60.0. The van der Waals surface area contributed by atoms with Crippen LogP contribution in [0.5, 0.6) is 0 Å². The van der Waals surface area contributed by atoms with Gasteiger partial charge in [0.25, 0.3) is 0 Å². The van der Waals surface area contributed by atoms with Crippen LogP contribution >= 0.6 is 0 Å². The monoisotopic (exact) mass is 1470 g/mol. The molecule has 0 saturated heterocycles. The van der Waals surface area contributed by atoms with Gasteiger partial charge in [-0.3, -0.25) is 38.6 Å². The molecule has 536 valence electrons. The van der Waals surface area contributed by atoms with Gasteiger partial charge in [-0.05, 0) is 87.3 Å². The second kappa shape index (κ2) is 56.3. The predicted molar refractivity (Wildman–Crippen MR) is 372 cm³/mol. The fourth-order valence-electron chi connectivity index (χ4n) is 10.8. The average Bonchev–Trinajstić information content (AvgIpc) is 2.71. The van der Waals surface area contributed by atoms with E-state index >= 15 is 0 Å². The molecule has 18 nitrogen and oxygen atoms in total. The first-order chi connectivity index (χ1) is 45.2. The largest absolute Gasteiger partial charge is 2.00 e. The molecule has 2 fully saturated rings. The van der Waals surface area contributed by atoms with Gasteiger partial charge in [-0.15, -0.1) is 0 Å². The van der Waals surface area contributed by atoms with Crippen molar-refractivity contribution in [3.05, 3.63) is 215 Å². The number of carboxylic acids is 6. The van der Waals surface area contributed by atoms with E-state index < -0.39 is 35.8 Å². The first-order valence-electron chi connectivity index (χ1n) is 33.0. The van der Waals surface area contributed by atoms with Crippen LogP contribution in [0.2, 0.25) is 0 Å². The smallest absolute Gasteiger partial charge is 0.481 e. The van der Waals surface area contributed by atoms with E-state index in [1.165, 1.54) is 97.6 Å². The Morgan fingerprint density at radius 2 is 0.464 bits per heavy atom. The van der Waals surface area contributed by atoms with Crippen LogP contribution in [-0.2, 0) is 118 Å². The minimum Gasteiger partial charge on any atom is -0.481 e. The summed E-state index contributed by atoms with van der Waals surface area (Å²) in [5.74, 6) is -4.38. The molecule has 0 heterocycles. The Bertz CT molecular complexity index is 2680. The summed E-state index contributed by atoms with van der Waals surface area (Å²) in [5, 5.41) is 51.8. The van der Waals surface area contributed by atoms with Gasteiger partial charge in [0.1, 0.15) is 0 Å². The van der Waals surface area contributed by atoms with Crippen molar-refractivity contribution in [1.29, 1.82) is 0 Å². The zero-order valence-electron chi connectivity index (χ0n) is 57.0. The summed E-state index contributed by atoms with van der Waals surface area (Å²) in [5.41, 5.74) is 7.23. The second-order valence-electron chi connectivity index (χ2n) is 24.2. The van der Waals surface area contributed by atoms with Crippen LogP contribution in [0.15, 0.2) is 182 Å². The number of carbonyl (C=O) groups is 6. The molecule has 0 aromatic heterocycles. The molecule has 6 aromatic carbocycles. The van der Waals surface area contributed by atoms with E-state index in [2.05, 4.69) is 68.1 Å². The Balaban J connectivity index is 0.00000114. The topological polar surface area (TPSA) is 243 Å². The summed E-state index contributed by atoms with van der Waals surface area (Å²) in [6, 6.07) is 61.9. The quantitative estimate of drug-likeness (QED) is 0.0215. The molecule has 2 aliphatic rings. The Kier molecular flexibility index (Phi) is 52.4. The molecule has 2 saturated carbocycles. The van der Waals surface area contributed by atoms with Crippen LogP contribution in [0.1, 0.15) is 136 Å². The standard InChI is InChI=1S/2C17H19NO2.2C11H15NO2.2C10H19NO2.3Ni/c2*19-17(20)11-12-18(13-15-7-3-1-4-8-15)14-16-9-5-2-6-10-16;2*1-12(8-7-11(13)14)9-10-5-3-2-4-6-10;2*1-11(8-7-10(12)13)9-5-3-2-4-6-9;;;/h2*1-10H,11-14H2,(H,19,20);2*2-6H,7-9H2,1H3,(H,13,14);2*9H,2-8H2,1H3,(H,12,13);;;/q;;;;;;3*+2. The van der Waals surface area contributed by atoms with Crippen molar-refractivity contribution in [2.75, 3.05) is 67.5 Å². The van der Waals surface area contributed by atoms with Crippen molar-refractivity contribution in [1.82, 2.24) is 29.4 Å². The molecule has 0 radical (unpaired) electrons. The first-order valence-corrected chi connectivity index (χ1v) is 33.0. The molecule has 0 aliphatic heterocycles. The van der Waals surface area contributed by atoms with E-state index in [4.69, 9.17) is 30.6 Å². The average molecular weight is 1470 g/mol. The maximum Gasteiger partial charge on any atom is 2.00 e. The van der Waals surface area contributed by atoms with Crippen molar-refractivity contribution in [2.24, 2.45) is 0 Å². The van der Waals surface area contributed by atoms with E-state index in [1.807, 2.05) is 171 Å². The summed E-state index contributed by atoms with van der Waals surface area (Å²) in [6.07, 6.45) is 14.2. The van der Waals surface area contributed by atoms with Crippen LogP contribution in [-0.4, -0.2) is 175 Å². The number of aliphatic carboxylic acids is 6. The Morgan fingerprint density at radius 1 is 0.278 bits per heavy atom. The summed E-state index contributed by atoms with van der Waals surface area (Å²) in [7, 11) is 7.93. The van der Waals surface area contributed by atoms with Gasteiger partial charge < -0.3 is 50.2 Å². The Morgan fingerprint density at radius 3 is 0.670 bits per heavy atom. The molecule has 6 aromatic rings. The SMILES string of the molecule is CN(CCC(=O)O)C1CCCCC1.CN(CCC(=O)O)C1CCCCC1.CN(CCC(=O)O)Cc1ccccc1.CN(CCC(=O)O)Cc1ccccc1.O=C(O)CCN(Cc1ccccc1)Cc1ccccc1.O=C(O)CCN(Cc1ccccc1)Cc1ccccc1.[Ni+2].[Ni+2].[Ni+2]. The molecule has 0 bridgehead atoms. The van der Waals surface area contributed by atoms with E-state index in [1.54, 1.807) is 0 Å². The van der Waals surface area contributed by atoms with Gasteiger partial charge in [0.2, 0.25) is 0 Å². The van der Waals surface area contributed by atoms with Gasteiger partial charge in [0.15, 0.2) is 0 Å². The minimum absolute atomic E-state index is 0. The normalized spacial score (nSPS) is 12.6. The van der Waals surface area contributed by atoms with Gasteiger partial charge in [0, 0.05) is 90.6 Å². The molecule has 0 spiro atoms. The summed E-state index contributed by atoms with van der Waals surface area (Å²) in [4.78, 5) is 75.7. The summed E-state index contributed by atoms with van der Waals surface area (Å²) < 4.78 is 0. The van der Waals surface area contributed by atoms with Crippen LogP contribution in [0.4, 0.5) is 0 Å². The van der Waals surface area contributed by atoms with E-state index in [9.17, 15) is 28.8 Å². The van der Waals surface area contributed by atoms with Crippen molar-refractivity contribution in [2.45, 2.75) is 154 Å². The van der Waals surface area contributed by atoms with Gasteiger partial charge in [-0.2, -0.15) is 0 Å². The summed E-state index contributed by atoms with van der Waals surface area (Å²) >= 11 is 0. The Hall–Kier alpha value is -6.62. The molecule has 0 unspecified atom stereocenters. The number of nitrogens with zero attached hydrogens (tertiary/aromatic N) is 6. The number of carboxylic acid groups (broad SMARTS) is 6. The third kappa shape index (κ3) is 47.9. The molecular formula is C76H106N6Ni3O12+6. The molecule has 0 amide bonds. The van der Waals surface area contributed by atoms with Gasteiger partial charge in [-0.25, -0.2) is 0 Å². The first kappa shape index (κ1) is 90.4. The third-order valence-electron chi connectivity index (χ3n) is 16.0. The number of hydrogen-bond acceptors (Lipinski definition) is 12. The number of rotatable bonds is 32. The minimum atomic E-state index is -0.754. The van der Waals surface area contributed by atoms with Crippen LogP contribution in [0.3, 0.4) is 0 Å². The molecule has 21 heteroatoms. The van der Waals surface area contributed by atoms with E-state index in [-0.39, 0.29) is 88.0 Å². The van der Waals surface area contributed by atoms with Crippen molar-refractivity contribution >= 4 is 35.8 Å². The molecule has 2 aliphatic carbocycles. The van der Waals surface area contributed by atoms with Crippen LogP contribution < -0.4 is 0 Å². The maximum atomic E-state index is 10.8. The van der Waals surface area contributed by atoms with E-state index in [0.29, 0.717) is 51.4 Å². The van der Waals surface area contributed by atoms with Gasteiger partial charge >= 0.3 is 85.3 Å². The van der Waals surface area contributed by atoms with Crippen molar-refractivity contribution in [3.63, 3.8) is 0 Å². The number of benzene rings is 6. The zero-order chi connectivity index (χ0) is 68.6. The maximum absolute atomic E-state index is 10.8. The number of hydrogen-bond donors (Lipinski definition) is 6. The summed E-state index contributed by atoms with van der Waals surface area (Å²) in [6.45, 7) is 8.34.